The van der Waals surface area contributed by atoms with Gasteiger partial charge in [-0.05, 0) is 26.8 Å². The molecule has 0 rings (SSSR count). The van der Waals surface area contributed by atoms with E-state index in [-0.39, 0.29) is 25.6 Å². The second kappa shape index (κ2) is 10.5. The summed E-state index contributed by atoms with van der Waals surface area (Å²) in [5, 5.41) is 11.0. The van der Waals surface area contributed by atoms with Gasteiger partial charge in [0.1, 0.15) is 13.2 Å². The number of nitrogens with zero attached hydrogens (tertiary/aromatic N) is 1. The Morgan fingerprint density at radius 2 is 1.91 bits per heavy atom. The summed E-state index contributed by atoms with van der Waals surface area (Å²) < 4.78 is 48.3. The smallest absolute Gasteiger partial charge is 0.416 e. The Bertz CT molecular complexity index is 551. The summed E-state index contributed by atoms with van der Waals surface area (Å²) in [5.74, 6) is 5.00. The fourth-order valence-corrected chi connectivity index (χ4v) is 1.40. The third-order valence-corrected chi connectivity index (χ3v) is 2.48. The van der Waals surface area contributed by atoms with Gasteiger partial charge in [-0.3, -0.25) is 10.1 Å². The summed E-state index contributed by atoms with van der Waals surface area (Å²) in [6.45, 7) is 4.46. The molecule has 0 aliphatic heterocycles. The molecule has 0 aliphatic carbocycles. The van der Waals surface area contributed by atoms with Crippen LogP contribution in [0.25, 0.3) is 0 Å². The maximum absolute atomic E-state index is 12.7. The van der Waals surface area contributed by atoms with Crippen molar-refractivity contribution in [2.24, 2.45) is 0 Å². The van der Waals surface area contributed by atoms with Gasteiger partial charge in [0.15, 0.2) is 5.76 Å². The standard InChI is InChI=1S/C15H18F3NO4/c1-4-7-8-22-9-10-23-14(6-3)13(19(20)21)11-12(5-2)15(16,17)18/h5-6,11H,8-10H2,1-3H3/b12-5+,13-11+,14-6+. The Morgan fingerprint density at radius 1 is 1.26 bits per heavy atom. The van der Waals surface area contributed by atoms with E-state index < -0.39 is 22.4 Å². The van der Waals surface area contributed by atoms with Crippen LogP contribution in [-0.2, 0) is 9.47 Å². The number of ether oxygens (including phenoxy) is 2. The van der Waals surface area contributed by atoms with Crippen molar-refractivity contribution in [2.45, 2.75) is 26.9 Å². The molecular formula is C15H18F3NO4. The second-order valence-corrected chi connectivity index (χ2v) is 4.01. The molecule has 0 aliphatic rings. The molecule has 0 spiro atoms. The zero-order chi connectivity index (χ0) is 17.9. The van der Waals surface area contributed by atoms with E-state index in [9.17, 15) is 23.3 Å². The summed E-state index contributed by atoms with van der Waals surface area (Å²) in [6.07, 6.45) is -2.26. The number of alkyl halides is 3. The van der Waals surface area contributed by atoms with Crippen molar-refractivity contribution in [3.63, 3.8) is 0 Å². The van der Waals surface area contributed by atoms with E-state index in [1.54, 1.807) is 6.92 Å². The predicted molar refractivity (Wildman–Crippen MR) is 78.9 cm³/mol. The third-order valence-electron chi connectivity index (χ3n) is 2.48. The molecule has 0 bridgehead atoms. The lowest BCUT2D eigenvalue weighted by Gasteiger charge is -2.10. The van der Waals surface area contributed by atoms with Gasteiger partial charge >= 0.3 is 11.9 Å². The van der Waals surface area contributed by atoms with Crippen molar-refractivity contribution >= 4 is 0 Å². The van der Waals surface area contributed by atoms with Crippen LogP contribution in [0.2, 0.25) is 0 Å². The average Bonchev–Trinajstić information content (AvgIpc) is 2.47. The van der Waals surface area contributed by atoms with E-state index in [1.165, 1.54) is 13.0 Å². The highest BCUT2D eigenvalue weighted by atomic mass is 19.4. The summed E-state index contributed by atoms with van der Waals surface area (Å²) in [4.78, 5) is 10.1. The summed E-state index contributed by atoms with van der Waals surface area (Å²) >= 11 is 0. The number of allylic oxidation sites excluding steroid dienone is 4. The van der Waals surface area contributed by atoms with Gasteiger partial charge in [0.05, 0.1) is 17.1 Å². The summed E-state index contributed by atoms with van der Waals surface area (Å²) in [5.41, 5.74) is -1.90. The van der Waals surface area contributed by atoms with Crippen molar-refractivity contribution < 1.29 is 27.6 Å². The van der Waals surface area contributed by atoms with Gasteiger partial charge in [-0.15, -0.1) is 5.92 Å². The van der Waals surface area contributed by atoms with E-state index in [4.69, 9.17) is 9.47 Å². The zero-order valence-corrected chi connectivity index (χ0v) is 13.1. The molecule has 0 radical (unpaired) electrons. The Hall–Kier alpha value is -2.27. The van der Waals surface area contributed by atoms with Gasteiger partial charge in [-0.1, -0.05) is 12.0 Å². The lowest BCUT2D eigenvalue weighted by Crippen LogP contribution is -2.14. The Labute approximate surface area is 132 Å². The van der Waals surface area contributed by atoms with E-state index >= 15 is 0 Å². The van der Waals surface area contributed by atoms with E-state index in [0.717, 1.165) is 13.0 Å². The minimum atomic E-state index is -4.68. The molecule has 0 amide bonds. The van der Waals surface area contributed by atoms with Gasteiger partial charge < -0.3 is 9.47 Å². The summed E-state index contributed by atoms with van der Waals surface area (Å²) in [7, 11) is 0. The first-order valence-corrected chi connectivity index (χ1v) is 6.64. The van der Waals surface area contributed by atoms with Gasteiger partial charge in [-0.2, -0.15) is 13.2 Å². The van der Waals surface area contributed by atoms with Crippen LogP contribution in [0.3, 0.4) is 0 Å². The number of hydrogen-bond acceptors (Lipinski definition) is 4. The highest BCUT2D eigenvalue weighted by Crippen LogP contribution is 2.28. The molecule has 128 valence electrons. The molecular weight excluding hydrogens is 315 g/mol. The van der Waals surface area contributed by atoms with Gasteiger partial charge in [0.2, 0.25) is 0 Å². The number of halogens is 3. The molecule has 0 N–H and O–H groups in total. The van der Waals surface area contributed by atoms with Crippen LogP contribution in [0.15, 0.2) is 35.3 Å². The van der Waals surface area contributed by atoms with E-state index in [2.05, 4.69) is 11.8 Å². The molecule has 0 unspecified atom stereocenters. The molecule has 5 nitrogen and oxygen atoms in total. The Balaban J connectivity index is 5.04. The highest BCUT2D eigenvalue weighted by Gasteiger charge is 2.34. The molecule has 8 heteroatoms. The SMILES string of the molecule is CC#CCOCCOC(=C/C)/C(=C\C(=C/C)C(F)(F)F)[N+](=O)[O-]. The molecule has 0 saturated carbocycles. The van der Waals surface area contributed by atoms with Crippen LogP contribution >= 0.6 is 0 Å². The maximum atomic E-state index is 12.7. The van der Waals surface area contributed by atoms with Crippen molar-refractivity contribution in [1.82, 2.24) is 0 Å². The zero-order valence-electron chi connectivity index (χ0n) is 13.1. The second-order valence-electron chi connectivity index (χ2n) is 4.01. The van der Waals surface area contributed by atoms with Crippen LogP contribution in [0.5, 0.6) is 0 Å². The molecule has 0 heterocycles. The fraction of sp³-hybridized carbons (Fsp3) is 0.467. The first-order chi connectivity index (χ1) is 10.8. The van der Waals surface area contributed by atoms with Crippen LogP contribution in [0.1, 0.15) is 20.8 Å². The van der Waals surface area contributed by atoms with Crippen LogP contribution in [-0.4, -0.2) is 30.9 Å². The minimum Gasteiger partial charge on any atom is -0.485 e. The first kappa shape index (κ1) is 20.7. The maximum Gasteiger partial charge on any atom is 0.416 e. The molecule has 0 aromatic rings. The average molecular weight is 333 g/mol. The molecule has 0 fully saturated rings. The van der Waals surface area contributed by atoms with E-state index in [1.807, 2.05) is 0 Å². The Kier molecular flexibility index (Phi) is 9.42. The van der Waals surface area contributed by atoms with Crippen molar-refractivity contribution in [2.75, 3.05) is 19.8 Å². The molecule has 0 aromatic carbocycles. The largest absolute Gasteiger partial charge is 0.485 e. The van der Waals surface area contributed by atoms with Crippen LogP contribution in [0, 0.1) is 22.0 Å². The topological polar surface area (TPSA) is 61.6 Å². The normalized spacial score (nSPS) is 13.4. The molecule has 0 saturated heterocycles. The third kappa shape index (κ3) is 8.07. The predicted octanol–water partition coefficient (Wildman–Crippen LogP) is 3.62. The molecule has 0 aromatic heterocycles. The molecule has 0 atom stereocenters. The van der Waals surface area contributed by atoms with Crippen molar-refractivity contribution in [3.8, 4) is 11.8 Å². The summed E-state index contributed by atoms with van der Waals surface area (Å²) in [6, 6.07) is 0. The lowest BCUT2D eigenvalue weighted by atomic mass is 10.2. The number of nitro groups is 1. The van der Waals surface area contributed by atoms with Crippen LogP contribution < -0.4 is 0 Å². The van der Waals surface area contributed by atoms with Gasteiger partial charge in [-0.25, -0.2) is 0 Å². The van der Waals surface area contributed by atoms with Gasteiger partial charge in [0, 0.05) is 6.08 Å². The number of rotatable bonds is 8. The first-order valence-electron chi connectivity index (χ1n) is 6.64. The monoisotopic (exact) mass is 333 g/mol. The highest BCUT2D eigenvalue weighted by molar-refractivity contribution is 5.32. The quantitative estimate of drug-likeness (QED) is 0.170. The van der Waals surface area contributed by atoms with Crippen molar-refractivity contribution in [1.29, 1.82) is 0 Å². The minimum absolute atomic E-state index is 0.0482. The van der Waals surface area contributed by atoms with Crippen molar-refractivity contribution in [3.05, 3.63) is 45.4 Å². The lowest BCUT2D eigenvalue weighted by molar-refractivity contribution is -0.424. The molecule has 23 heavy (non-hydrogen) atoms. The van der Waals surface area contributed by atoms with Gasteiger partial charge in [0.25, 0.3) is 0 Å². The Morgan fingerprint density at radius 3 is 2.35 bits per heavy atom. The van der Waals surface area contributed by atoms with E-state index in [0.29, 0.717) is 6.08 Å². The number of hydrogen-bond donors (Lipinski definition) is 0. The van der Waals surface area contributed by atoms with Crippen LogP contribution in [0.4, 0.5) is 13.2 Å². The fourth-order valence-electron chi connectivity index (χ4n) is 1.40.